The van der Waals surface area contributed by atoms with Crippen LogP contribution >= 0.6 is 0 Å². The van der Waals surface area contributed by atoms with Crippen molar-refractivity contribution in [2.45, 2.75) is 19.9 Å². The molecule has 1 atom stereocenters. The minimum atomic E-state index is -0.140. The Labute approximate surface area is 82.7 Å². The second-order valence-electron chi connectivity index (χ2n) is 3.17. The lowest BCUT2D eigenvalue weighted by Gasteiger charge is -2.09. The predicted octanol–water partition coefficient (Wildman–Crippen LogP) is 0.0169. The Kier molecular flexibility index (Phi) is 3.58. The Bertz CT molecular complexity index is 308. The van der Waals surface area contributed by atoms with Crippen molar-refractivity contribution in [1.29, 1.82) is 0 Å². The van der Waals surface area contributed by atoms with Crippen LogP contribution in [-0.2, 0) is 4.79 Å². The molecule has 0 radical (unpaired) electrons. The van der Waals surface area contributed by atoms with Crippen molar-refractivity contribution < 1.29 is 4.79 Å². The van der Waals surface area contributed by atoms with E-state index in [0.29, 0.717) is 5.82 Å². The first-order valence-electron chi connectivity index (χ1n) is 4.47. The molecule has 6 heteroatoms. The molecule has 0 saturated carbocycles. The molecule has 78 valence electrons. The number of likely N-dealkylation sites (N-methyl/N-ethyl adjacent to an activating group) is 1. The van der Waals surface area contributed by atoms with Gasteiger partial charge >= 0.3 is 0 Å². The molecule has 0 aromatic carbocycles. The molecule has 0 fully saturated rings. The molecule has 0 spiro atoms. The zero-order valence-corrected chi connectivity index (χ0v) is 8.61. The maximum Gasteiger partial charge on any atom is 0.222 e. The van der Waals surface area contributed by atoms with Crippen LogP contribution in [-0.4, -0.2) is 34.5 Å². The lowest BCUT2D eigenvalue weighted by Crippen LogP contribution is -2.20. The third kappa shape index (κ3) is 2.81. The standard InChI is InChI=1S/C8H15N5O/c1-6(4-9-3)13-5-8(11-12-13)10-7(2)14/h5-6,9H,4H2,1-3H3,(H,10,14). The van der Waals surface area contributed by atoms with Gasteiger partial charge in [-0.3, -0.25) is 4.79 Å². The molecular weight excluding hydrogens is 182 g/mol. The van der Waals surface area contributed by atoms with Gasteiger partial charge in [0.2, 0.25) is 5.91 Å². The second-order valence-corrected chi connectivity index (χ2v) is 3.17. The molecule has 2 N–H and O–H groups in total. The van der Waals surface area contributed by atoms with Gasteiger partial charge < -0.3 is 10.6 Å². The van der Waals surface area contributed by atoms with Crippen LogP contribution in [0.2, 0.25) is 0 Å². The fourth-order valence-electron chi connectivity index (χ4n) is 1.12. The van der Waals surface area contributed by atoms with E-state index in [1.807, 2.05) is 14.0 Å². The molecule has 0 saturated heterocycles. The maximum atomic E-state index is 10.7. The van der Waals surface area contributed by atoms with Crippen LogP contribution in [0.5, 0.6) is 0 Å². The van der Waals surface area contributed by atoms with Gasteiger partial charge in [-0.15, -0.1) is 5.10 Å². The zero-order chi connectivity index (χ0) is 10.6. The highest BCUT2D eigenvalue weighted by Gasteiger charge is 2.07. The van der Waals surface area contributed by atoms with E-state index in [-0.39, 0.29) is 11.9 Å². The van der Waals surface area contributed by atoms with E-state index in [1.54, 1.807) is 10.9 Å². The smallest absolute Gasteiger partial charge is 0.222 e. The highest BCUT2D eigenvalue weighted by Crippen LogP contribution is 2.06. The topological polar surface area (TPSA) is 71.8 Å². The van der Waals surface area contributed by atoms with Crippen LogP contribution in [0.1, 0.15) is 19.9 Å². The van der Waals surface area contributed by atoms with E-state index in [2.05, 4.69) is 20.9 Å². The number of anilines is 1. The number of carbonyl (C=O) groups is 1. The molecule has 0 aliphatic carbocycles. The van der Waals surface area contributed by atoms with E-state index in [0.717, 1.165) is 6.54 Å². The Hall–Kier alpha value is -1.43. The van der Waals surface area contributed by atoms with Crippen LogP contribution in [0, 0.1) is 0 Å². The Morgan fingerprint density at radius 3 is 3.00 bits per heavy atom. The Balaban J connectivity index is 2.62. The average Bonchev–Trinajstić information content (AvgIpc) is 2.52. The van der Waals surface area contributed by atoms with Gasteiger partial charge in [0.1, 0.15) is 0 Å². The van der Waals surface area contributed by atoms with E-state index in [1.165, 1.54) is 6.92 Å². The maximum absolute atomic E-state index is 10.7. The van der Waals surface area contributed by atoms with Crippen LogP contribution in [0.25, 0.3) is 0 Å². The molecule has 1 aromatic heterocycles. The third-order valence-corrected chi connectivity index (χ3v) is 1.77. The highest BCUT2D eigenvalue weighted by atomic mass is 16.1. The summed E-state index contributed by atoms with van der Waals surface area (Å²) in [6.07, 6.45) is 1.71. The van der Waals surface area contributed by atoms with Crippen molar-refractivity contribution in [1.82, 2.24) is 20.3 Å². The molecule has 0 aliphatic rings. The van der Waals surface area contributed by atoms with Crippen LogP contribution in [0.15, 0.2) is 6.20 Å². The molecule has 0 aliphatic heterocycles. The highest BCUT2D eigenvalue weighted by molar-refractivity contribution is 5.87. The van der Waals surface area contributed by atoms with Gasteiger partial charge in [0.25, 0.3) is 0 Å². The SMILES string of the molecule is CNCC(C)n1cc(NC(C)=O)nn1. The predicted molar refractivity (Wildman–Crippen MR) is 53.0 cm³/mol. The number of hydrogen-bond acceptors (Lipinski definition) is 4. The molecule has 14 heavy (non-hydrogen) atoms. The summed E-state index contributed by atoms with van der Waals surface area (Å²) >= 11 is 0. The summed E-state index contributed by atoms with van der Waals surface area (Å²) in [6, 6.07) is 0.218. The fourth-order valence-corrected chi connectivity index (χ4v) is 1.12. The van der Waals surface area contributed by atoms with Gasteiger partial charge in [-0.25, -0.2) is 4.68 Å². The summed E-state index contributed by atoms with van der Waals surface area (Å²) in [7, 11) is 1.88. The van der Waals surface area contributed by atoms with E-state index in [9.17, 15) is 4.79 Å². The minimum Gasteiger partial charge on any atom is -0.318 e. The molecule has 1 heterocycles. The van der Waals surface area contributed by atoms with E-state index >= 15 is 0 Å². The quantitative estimate of drug-likeness (QED) is 0.713. The monoisotopic (exact) mass is 197 g/mol. The first-order chi connectivity index (χ1) is 6.63. The molecule has 6 nitrogen and oxygen atoms in total. The van der Waals surface area contributed by atoms with E-state index < -0.39 is 0 Å². The number of carbonyl (C=O) groups excluding carboxylic acids is 1. The largest absolute Gasteiger partial charge is 0.318 e. The van der Waals surface area contributed by atoms with Gasteiger partial charge in [-0.1, -0.05) is 5.21 Å². The molecule has 1 amide bonds. The summed E-state index contributed by atoms with van der Waals surface area (Å²) in [5, 5.41) is 13.3. The van der Waals surface area contributed by atoms with Gasteiger partial charge in [-0.2, -0.15) is 0 Å². The van der Waals surface area contributed by atoms with Crippen molar-refractivity contribution >= 4 is 11.7 Å². The summed E-state index contributed by atoms with van der Waals surface area (Å²) in [5.74, 6) is 0.346. The molecular formula is C8H15N5O. The molecule has 1 aromatic rings. The lowest BCUT2D eigenvalue weighted by molar-refractivity contribution is -0.114. The van der Waals surface area contributed by atoms with Crippen molar-refractivity contribution in [3.05, 3.63) is 6.20 Å². The molecule has 1 unspecified atom stereocenters. The van der Waals surface area contributed by atoms with Crippen LogP contribution < -0.4 is 10.6 Å². The van der Waals surface area contributed by atoms with Gasteiger partial charge in [0.15, 0.2) is 5.82 Å². The van der Waals surface area contributed by atoms with Gasteiger partial charge in [0, 0.05) is 13.5 Å². The number of nitrogens with zero attached hydrogens (tertiary/aromatic N) is 3. The molecule has 0 bridgehead atoms. The summed E-state index contributed by atoms with van der Waals surface area (Å²) in [5.41, 5.74) is 0. The van der Waals surface area contributed by atoms with Gasteiger partial charge in [0.05, 0.1) is 12.2 Å². The normalized spacial score (nSPS) is 12.5. The Morgan fingerprint density at radius 1 is 1.71 bits per heavy atom. The molecule has 1 rings (SSSR count). The fraction of sp³-hybridized carbons (Fsp3) is 0.625. The number of rotatable bonds is 4. The number of hydrogen-bond donors (Lipinski definition) is 2. The zero-order valence-electron chi connectivity index (χ0n) is 8.61. The minimum absolute atomic E-state index is 0.140. The number of nitrogens with one attached hydrogen (secondary N) is 2. The number of aromatic nitrogens is 3. The average molecular weight is 197 g/mol. The van der Waals surface area contributed by atoms with Crippen LogP contribution in [0.4, 0.5) is 5.82 Å². The van der Waals surface area contributed by atoms with E-state index in [4.69, 9.17) is 0 Å². The summed E-state index contributed by atoms with van der Waals surface area (Å²) < 4.78 is 1.71. The third-order valence-electron chi connectivity index (χ3n) is 1.77. The van der Waals surface area contributed by atoms with Crippen molar-refractivity contribution in [3.8, 4) is 0 Å². The first kappa shape index (κ1) is 10.6. The Morgan fingerprint density at radius 2 is 2.43 bits per heavy atom. The summed E-state index contributed by atoms with van der Waals surface area (Å²) in [4.78, 5) is 10.7. The van der Waals surface area contributed by atoms with Crippen molar-refractivity contribution in [2.24, 2.45) is 0 Å². The first-order valence-corrected chi connectivity index (χ1v) is 4.47. The van der Waals surface area contributed by atoms with Crippen LogP contribution in [0.3, 0.4) is 0 Å². The van der Waals surface area contributed by atoms with Crippen molar-refractivity contribution in [3.63, 3.8) is 0 Å². The van der Waals surface area contributed by atoms with Crippen molar-refractivity contribution in [2.75, 3.05) is 18.9 Å². The van der Waals surface area contributed by atoms with Gasteiger partial charge in [-0.05, 0) is 14.0 Å². The second kappa shape index (κ2) is 4.71. The summed E-state index contributed by atoms with van der Waals surface area (Å²) in [6.45, 7) is 4.27. The lowest BCUT2D eigenvalue weighted by atomic mass is 10.3. The number of amides is 1.